The number of amides is 1. The number of aromatic nitrogens is 1. The van der Waals surface area contributed by atoms with Crippen LogP contribution in [0.1, 0.15) is 39.5 Å². The third kappa shape index (κ3) is 5.14. The van der Waals surface area contributed by atoms with E-state index in [2.05, 4.69) is 10.3 Å². The molecule has 27 heavy (non-hydrogen) atoms. The van der Waals surface area contributed by atoms with Crippen LogP contribution in [-0.2, 0) is 4.79 Å². The van der Waals surface area contributed by atoms with Crippen LogP contribution in [0.5, 0.6) is 0 Å². The molecule has 1 aliphatic heterocycles. The molecule has 1 aromatic carbocycles. The molecule has 1 unspecified atom stereocenters. The van der Waals surface area contributed by atoms with Gasteiger partial charge in [0.1, 0.15) is 5.52 Å². The Kier molecular flexibility index (Phi) is 6.27. The fourth-order valence-corrected chi connectivity index (χ4v) is 3.56. The normalized spacial score (nSPS) is 18.1. The zero-order chi connectivity index (χ0) is 19.4. The molecule has 0 radical (unpaired) electrons. The monoisotopic (exact) mass is 393 g/mol. The maximum Gasteiger partial charge on any atom is 0.298 e. The lowest BCUT2D eigenvalue weighted by Gasteiger charge is -2.31. The smallest absolute Gasteiger partial charge is 0.298 e. The average molecular weight is 394 g/mol. The summed E-state index contributed by atoms with van der Waals surface area (Å²) in [5.41, 5.74) is 1.34. The van der Waals surface area contributed by atoms with Crippen LogP contribution in [0.3, 0.4) is 0 Å². The molecule has 1 fully saturated rings. The summed E-state index contributed by atoms with van der Waals surface area (Å²) in [6.07, 6.45) is 3.54. The first kappa shape index (κ1) is 20.0. The highest BCUT2D eigenvalue weighted by molar-refractivity contribution is 6.31. The molecule has 1 amide bonds. The molecular formula is C20H28ClN3O3. The molecule has 0 saturated carbocycles. The minimum atomic E-state index is -0.0950. The highest BCUT2D eigenvalue weighted by atomic mass is 35.5. The molecule has 0 aliphatic carbocycles. The van der Waals surface area contributed by atoms with Gasteiger partial charge in [0.25, 0.3) is 6.01 Å². The Bertz CT molecular complexity index is 790. The highest BCUT2D eigenvalue weighted by Crippen LogP contribution is 2.28. The van der Waals surface area contributed by atoms with Crippen molar-refractivity contribution in [3.05, 3.63) is 23.2 Å². The van der Waals surface area contributed by atoms with Crippen molar-refractivity contribution in [3.8, 4) is 0 Å². The molecule has 7 heteroatoms. The first-order chi connectivity index (χ1) is 12.9. The second-order valence-electron chi connectivity index (χ2n) is 8.11. The Morgan fingerprint density at radius 3 is 3.07 bits per heavy atom. The molecule has 0 spiro atoms. The standard InChI is InChI=1S/C20H28ClN3O3/c1-20(2,13-25)8-4-9-22-18(26)14-5-3-10-24(12-14)19-23-16-11-15(21)6-7-17(16)27-19/h6-7,11,14,25H,3-5,8-10,12-13H2,1-2H3,(H,22,26). The fraction of sp³-hybridized carbons (Fsp3) is 0.600. The molecule has 0 bridgehead atoms. The van der Waals surface area contributed by atoms with E-state index in [1.807, 2.05) is 24.8 Å². The first-order valence-electron chi connectivity index (χ1n) is 9.57. The van der Waals surface area contributed by atoms with Gasteiger partial charge in [-0.2, -0.15) is 4.98 Å². The van der Waals surface area contributed by atoms with Crippen molar-refractivity contribution in [3.63, 3.8) is 0 Å². The summed E-state index contributed by atoms with van der Waals surface area (Å²) in [5, 5.41) is 13.0. The number of benzene rings is 1. The molecule has 2 aromatic rings. The molecule has 2 heterocycles. The van der Waals surface area contributed by atoms with Crippen molar-refractivity contribution in [2.45, 2.75) is 39.5 Å². The summed E-state index contributed by atoms with van der Waals surface area (Å²) < 4.78 is 5.84. The van der Waals surface area contributed by atoms with Crippen molar-refractivity contribution in [2.24, 2.45) is 11.3 Å². The highest BCUT2D eigenvalue weighted by Gasteiger charge is 2.28. The van der Waals surface area contributed by atoms with Gasteiger partial charge < -0.3 is 19.7 Å². The van der Waals surface area contributed by atoms with E-state index in [4.69, 9.17) is 16.0 Å². The predicted octanol–water partition coefficient (Wildman–Crippen LogP) is 3.61. The number of anilines is 1. The zero-order valence-corrected chi connectivity index (χ0v) is 16.8. The number of fused-ring (bicyclic) bond motifs is 1. The van der Waals surface area contributed by atoms with Crippen molar-refractivity contribution in [2.75, 3.05) is 31.1 Å². The number of nitrogens with zero attached hydrogens (tertiary/aromatic N) is 2. The van der Waals surface area contributed by atoms with Gasteiger partial charge in [0.15, 0.2) is 5.58 Å². The van der Waals surface area contributed by atoms with E-state index < -0.39 is 0 Å². The number of oxazole rings is 1. The fourth-order valence-electron chi connectivity index (χ4n) is 3.39. The SMILES string of the molecule is CC(C)(CO)CCCNC(=O)C1CCCN(c2nc3cc(Cl)ccc3o2)C1. The molecule has 1 saturated heterocycles. The summed E-state index contributed by atoms with van der Waals surface area (Å²) >= 11 is 6.01. The van der Waals surface area contributed by atoms with E-state index in [9.17, 15) is 9.90 Å². The summed E-state index contributed by atoms with van der Waals surface area (Å²) in [6, 6.07) is 5.93. The topological polar surface area (TPSA) is 78.6 Å². The Morgan fingerprint density at radius 2 is 2.30 bits per heavy atom. The van der Waals surface area contributed by atoms with Gasteiger partial charge in [0.05, 0.1) is 5.92 Å². The molecule has 148 valence electrons. The van der Waals surface area contributed by atoms with Crippen molar-refractivity contribution < 1.29 is 14.3 Å². The van der Waals surface area contributed by atoms with Crippen LogP contribution in [0.15, 0.2) is 22.6 Å². The lowest BCUT2D eigenvalue weighted by atomic mass is 9.89. The zero-order valence-electron chi connectivity index (χ0n) is 16.0. The number of rotatable bonds is 7. The van der Waals surface area contributed by atoms with E-state index >= 15 is 0 Å². The number of aliphatic hydroxyl groups is 1. The van der Waals surface area contributed by atoms with Crippen LogP contribution in [-0.4, -0.2) is 42.2 Å². The quantitative estimate of drug-likeness (QED) is 0.702. The first-order valence-corrected chi connectivity index (χ1v) is 9.95. The van der Waals surface area contributed by atoms with Crippen LogP contribution in [0.2, 0.25) is 5.02 Å². The number of carbonyl (C=O) groups excluding carboxylic acids is 1. The van der Waals surface area contributed by atoms with Crippen molar-refractivity contribution in [1.82, 2.24) is 10.3 Å². The Balaban J connectivity index is 1.54. The van der Waals surface area contributed by atoms with E-state index in [-0.39, 0.29) is 23.8 Å². The van der Waals surface area contributed by atoms with E-state index in [0.717, 1.165) is 37.7 Å². The molecule has 6 nitrogen and oxygen atoms in total. The lowest BCUT2D eigenvalue weighted by molar-refractivity contribution is -0.125. The van der Waals surface area contributed by atoms with Gasteiger partial charge in [-0.25, -0.2) is 0 Å². The third-order valence-electron chi connectivity index (χ3n) is 5.16. The number of nitrogens with one attached hydrogen (secondary N) is 1. The summed E-state index contributed by atoms with van der Waals surface area (Å²) in [4.78, 5) is 19.1. The second-order valence-corrected chi connectivity index (χ2v) is 8.55. The van der Waals surface area contributed by atoms with Crippen molar-refractivity contribution >= 4 is 34.6 Å². The molecule has 1 atom stereocenters. The van der Waals surface area contributed by atoms with Gasteiger partial charge in [-0.05, 0) is 49.3 Å². The minimum Gasteiger partial charge on any atom is -0.423 e. The minimum absolute atomic E-state index is 0.0665. The van der Waals surface area contributed by atoms with Crippen LogP contribution in [0, 0.1) is 11.3 Å². The lowest BCUT2D eigenvalue weighted by Crippen LogP contribution is -2.43. The summed E-state index contributed by atoms with van der Waals surface area (Å²) in [6.45, 7) is 6.29. The van der Waals surface area contributed by atoms with Crippen LogP contribution < -0.4 is 10.2 Å². The van der Waals surface area contributed by atoms with Gasteiger partial charge in [-0.1, -0.05) is 25.4 Å². The van der Waals surface area contributed by atoms with Crippen LogP contribution >= 0.6 is 11.6 Å². The van der Waals surface area contributed by atoms with Gasteiger partial charge in [-0.15, -0.1) is 0 Å². The van der Waals surface area contributed by atoms with Gasteiger partial charge in [-0.3, -0.25) is 4.79 Å². The molecule has 3 rings (SSSR count). The van der Waals surface area contributed by atoms with E-state index in [1.54, 1.807) is 12.1 Å². The number of aliphatic hydroxyl groups excluding tert-OH is 1. The Labute approximate surface area is 164 Å². The van der Waals surface area contributed by atoms with E-state index in [1.165, 1.54) is 0 Å². The van der Waals surface area contributed by atoms with Crippen LogP contribution in [0.4, 0.5) is 6.01 Å². The van der Waals surface area contributed by atoms with Crippen LogP contribution in [0.25, 0.3) is 11.1 Å². The Morgan fingerprint density at radius 1 is 1.48 bits per heavy atom. The summed E-state index contributed by atoms with van der Waals surface area (Å²) in [5.74, 6) is 0.0175. The molecule has 1 aromatic heterocycles. The third-order valence-corrected chi connectivity index (χ3v) is 5.39. The predicted molar refractivity (Wildman–Crippen MR) is 107 cm³/mol. The maximum absolute atomic E-state index is 12.5. The number of halogens is 1. The van der Waals surface area contributed by atoms with Gasteiger partial charge in [0.2, 0.25) is 5.91 Å². The number of piperidine rings is 1. The van der Waals surface area contributed by atoms with Gasteiger partial charge >= 0.3 is 0 Å². The number of hydrogen-bond acceptors (Lipinski definition) is 5. The average Bonchev–Trinajstić information content (AvgIpc) is 3.08. The Hall–Kier alpha value is -1.79. The summed E-state index contributed by atoms with van der Waals surface area (Å²) in [7, 11) is 0. The molecular weight excluding hydrogens is 366 g/mol. The van der Waals surface area contributed by atoms with Gasteiger partial charge in [0, 0.05) is 31.3 Å². The largest absolute Gasteiger partial charge is 0.423 e. The van der Waals surface area contributed by atoms with E-state index in [0.29, 0.717) is 29.7 Å². The second kappa shape index (κ2) is 8.48. The number of hydrogen-bond donors (Lipinski definition) is 2. The maximum atomic E-state index is 12.5. The number of carbonyl (C=O) groups is 1. The van der Waals surface area contributed by atoms with Crippen molar-refractivity contribution in [1.29, 1.82) is 0 Å². The molecule has 2 N–H and O–H groups in total. The molecule has 1 aliphatic rings.